The molecule has 0 fully saturated rings. The monoisotopic (exact) mass is 278 g/mol. The van der Waals surface area contributed by atoms with E-state index in [1.807, 2.05) is 19.2 Å². The van der Waals surface area contributed by atoms with Gasteiger partial charge in [-0.15, -0.1) is 0 Å². The molecule has 2 rings (SSSR count). The van der Waals surface area contributed by atoms with Crippen molar-refractivity contribution in [3.63, 3.8) is 0 Å². The average Bonchev–Trinajstić information content (AvgIpc) is 2.81. The molecule has 0 bridgehead atoms. The van der Waals surface area contributed by atoms with Crippen LogP contribution in [0.25, 0.3) is 0 Å². The van der Waals surface area contributed by atoms with Crippen molar-refractivity contribution in [2.24, 2.45) is 0 Å². The predicted molar refractivity (Wildman–Crippen MR) is 76.7 cm³/mol. The Balaban J connectivity index is 1.91. The fourth-order valence-electron chi connectivity index (χ4n) is 2.72. The summed E-state index contributed by atoms with van der Waals surface area (Å²) in [6, 6.07) is 5.74. The number of aromatic hydroxyl groups is 1. The lowest BCUT2D eigenvalue weighted by Gasteiger charge is -2.24. The Morgan fingerprint density at radius 2 is 2.35 bits per heavy atom. The van der Waals surface area contributed by atoms with Gasteiger partial charge in [0.1, 0.15) is 5.75 Å². The van der Waals surface area contributed by atoms with Crippen molar-refractivity contribution in [2.45, 2.75) is 18.9 Å². The molecule has 20 heavy (non-hydrogen) atoms. The predicted octanol–water partition coefficient (Wildman–Crippen LogP) is 1.07. The number of fused-ring (bicyclic) bond motifs is 1. The van der Waals surface area contributed by atoms with Gasteiger partial charge in [0, 0.05) is 19.7 Å². The third-order valence-corrected chi connectivity index (χ3v) is 3.73. The number of hydrogen-bond acceptors (Lipinski definition) is 4. The number of phenols is 1. The molecule has 1 aromatic rings. The lowest BCUT2D eigenvalue weighted by molar-refractivity contribution is -0.122. The second kappa shape index (κ2) is 6.72. The summed E-state index contributed by atoms with van der Waals surface area (Å²) in [7, 11) is 3.58. The number of carbonyl (C=O) groups excluding carboxylic acids is 1. The summed E-state index contributed by atoms with van der Waals surface area (Å²) in [6.07, 6.45) is 1.94. The Bertz CT molecular complexity index is 476. The van der Waals surface area contributed by atoms with Gasteiger partial charge >= 0.3 is 0 Å². The molecule has 110 valence electrons. The first-order valence-corrected chi connectivity index (χ1v) is 6.89. The standard InChI is InChI=1S/C15H22N2O3/c1-17(10-15(19)16-7-8-20-2)14-6-3-11-9-12(18)4-5-13(11)14/h4-5,9,14,18H,3,6-8,10H2,1-2H3,(H,16,19). The second-order valence-corrected chi connectivity index (χ2v) is 5.20. The molecule has 1 amide bonds. The first-order valence-electron chi connectivity index (χ1n) is 6.89. The maximum absolute atomic E-state index is 11.8. The topological polar surface area (TPSA) is 61.8 Å². The number of nitrogens with one attached hydrogen (secondary N) is 1. The van der Waals surface area contributed by atoms with Crippen LogP contribution in [0.2, 0.25) is 0 Å². The first-order chi connectivity index (χ1) is 9.61. The molecule has 0 aliphatic heterocycles. The Morgan fingerprint density at radius 1 is 1.55 bits per heavy atom. The molecule has 1 aliphatic carbocycles. The van der Waals surface area contributed by atoms with Gasteiger partial charge in [-0.2, -0.15) is 0 Å². The van der Waals surface area contributed by atoms with Crippen molar-refractivity contribution in [3.05, 3.63) is 29.3 Å². The molecule has 1 aliphatic rings. The minimum absolute atomic E-state index is 0.0109. The third-order valence-electron chi connectivity index (χ3n) is 3.73. The van der Waals surface area contributed by atoms with E-state index in [2.05, 4.69) is 10.2 Å². The summed E-state index contributed by atoms with van der Waals surface area (Å²) in [4.78, 5) is 13.9. The normalized spacial score (nSPS) is 17.2. The molecule has 2 N–H and O–H groups in total. The minimum atomic E-state index is 0.0109. The van der Waals surface area contributed by atoms with Crippen molar-refractivity contribution >= 4 is 5.91 Å². The number of hydrogen-bond donors (Lipinski definition) is 2. The van der Waals surface area contributed by atoms with Gasteiger partial charge in [0.15, 0.2) is 0 Å². The fourth-order valence-corrected chi connectivity index (χ4v) is 2.72. The minimum Gasteiger partial charge on any atom is -0.508 e. The van der Waals surface area contributed by atoms with Crippen LogP contribution in [0.3, 0.4) is 0 Å². The highest BCUT2D eigenvalue weighted by Crippen LogP contribution is 2.36. The van der Waals surface area contributed by atoms with Crippen LogP contribution in [-0.2, 0) is 16.0 Å². The third kappa shape index (κ3) is 3.49. The number of rotatable bonds is 6. The van der Waals surface area contributed by atoms with Gasteiger partial charge in [-0.1, -0.05) is 6.07 Å². The molecule has 0 saturated carbocycles. The van der Waals surface area contributed by atoms with E-state index in [1.165, 1.54) is 11.1 Å². The number of likely N-dealkylation sites (N-methyl/N-ethyl adjacent to an activating group) is 1. The Labute approximate surface area is 119 Å². The maximum atomic E-state index is 11.8. The summed E-state index contributed by atoms with van der Waals surface area (Å²) < 4.78 is 4.90. The number of benzene rings is 1. The van der Waals surface area contributed by atoms with Gasteiger partial charge in [0.2, 0.25) is 5.91 Å². The molecule has 5 heteroatoms. The smallest absolute Gasteiger partial charge is 0.234 e. The van der Waals surface area contributed by atoms with Gasteiger partial charge in [0.25, 0.3) is 0 Å². The summed E-state index contributed by atoms with van der Waals surface area (Å²) in [5.74, 6) is 0.321. The van der Waals surface area contributed by atoms with E-state index in [4.69, 9.17) is 4.74 Å². The van der Waals surface area contributed by atoms with Gasteiger partial charge in [-0.05, 0) is 43.1 Å². The zero-order valence-electron chi connectivity index (χ0n) is 12.1. The molecule has 0 saturated heterocycles. The number of amides is 1. The highest BCUT2D eigenvalue weighted by Gasteiger charge is 2.26. The number of aryl methyl sites for hydroxylation is 1. The molecule has 0 heterocycles. The summed E-state index contributed by atoms with van der Waals surface area (Å²) in [5, 5.41) is 12.3. The molecule has 5 nitrogen and oxygen atoms in total. The summed E-state index contributed by atoms with van der Waals surface area (Å²) in [6.45, 7) is 1.44. The van der Waals surface area contributed by atoms with E-state index < -0.39 is 0 Å². The molecule has 1 atom stereocenters. The van der Waals surface area contributed by atoms with Gasteiger partial charge < -0.3 is 15.2 Å². The summed E-state index contributed by atoms with van der Waals surface area (Å²) >= 11 is 0. The van der Waals surface area contributed by atoms with Crippen molar-refractivity contribution in [1.29, 1.82) is 0 Å². The van der Waals surface area contributed by atoms with Crippen LogP contribution in [-0.4, -0.2) is 49.8 Å². The van der Waals surface area contributed by atoms with Crippen molar-refractivity contribution in [1.82, 2.24) is 10.2 Å². The molecular weight excluding hydrogens is 256 g/mol. The van der Waals surface area contributed by atoms with E-state index in [0.29, 0.717) is 25.4 Å². The van der Waals surface area contributed by atoms with E-state index in [9.17, 15) is 9.90 Å². The highest BCUT2D eigenvalue weighted by molar-refractivity contribution is 5.78. The van der Waals surface area contributed by atoms with Crippen LogP contribution in [0, 0.1) is 0 Å². The van der Waals surface area contributed by atoms with Crippen LogP contribution < -0.4 is 5.32 Å². The zero-order chi connectivity index (χ0) is 14.5. The second-order valence-electron chi connectivity index (χ2n) is 5.20. The summed E-state index contributed by atoms with van der Waals surface area (Å²) in [5.41, 5.74) is 2.40. The fraction of sp³-hybridized carbons (Fsp3) is 0.533. The van der Waals surface area contributed by atoms with Crippen LogP contribution >= 0.6 is 0 Å². The number of carbonyl (C=O) groups is 1. The highest BCUT2D eigenvalue weighted by atomic mass is 16.5. The SMILES string of the molecule is COCCNC(=O)CN(C)C1CCc2cc(O)ccc21. The molecule has 0 aromatic heterocycles. The van der Waals surface area contributed by atoms with Gasteiger partial charge in [-0.3, -0.25) is 9.69 Å². The van der Waals surface area contributed by atoms with E-state index in [-0.39, 0.29) is 11.9 Å². The molecule has 0 radical (unpaired) electrons. The van der Waals surface area contributed by atoms with Crippen LogP contribution in [0.4, 0.5) is 0 Å². The largest absolute Gasteiger partial charge is 0.508 e. The van der Waals surface area contributed by atoms with Crippen LogP contribution in [0.5, 0.6) is 5.75 Å². The van der Waals surface area contributed by atoms with Crippen molar-refractivity contribution in [2.75, 3.05) is 33.9 Å². The first kappa shape index (κ1) is 14.8. The quantitative estimate of drug-likeness (QED) is 0.764. The number of ether oxygens (including phenoxy) is 1. The molecule has 1 aromatic carbocycles. The van der Waals surface area contributed by atoms with Crippen LogP contribution in [0.15, 0.2) is 18.2 Å². The number of methoxy groups -OCH3 is 1. The van der Waals surface area contributed by atoms with Crippen LogP contribution in [0.1, 0.15) is 23.6 Å². The zero-order valence-corrected chi connectivity index (χ0v) is 12.1. The van der Waals surface area contributed by atoms with E-state index in [0.717, 1.165) is 12.8 Å². The van der Waals surface area contributed by atoms with Crippen molar-refractivity contribution in [3.8, 4) is 5.75 Å². The van der Waals surface area contributed by atoms with Crippen molar-refractivity contribution < 1.29 is 14.6 Å². The van der Waals surface area contributed by atoms with Gasteiger partial charge in [-0.25, -0.2) is 0 Å². The van der Waals surface area contributed by atoms with E-state index >= 15 is 0 Å². The molecular formula is C15H22N2O3. The van der Waals surface area contributed by atoms with E-state index in [1.54, 1.807) is 13.2 Å². The Morgan fingerprint density at radius 3 is 3.10 bits per heavy atom. The number of phenolic OH excluding ortho intramolecular Hbond substituents is 1. The molecule has 0 spiro atoms. The lowest BCUT2D eigenvalue weighted by atomic mass is 10.1. The lowest BCUT2D eigenvalue weighted by Crippen LogP contribution is -2.37. The Hall–Kier alpha value is -1.59. The average molecular weight is 278 g/mol. The molecule has 1 unspecified atom stereocenters. The Kier molecular flexibility index (Phi) is 4.98. The van der Waals surface area contributed by atoms with Gasteiger partial charge in [0.05, 0.1) is 13.2 Å². The number of nitrogens with zero attached hydrogens (tertiary/aromatic N) is 1. The maximum Gasteiger partial charge on any atom is 0.234 e.